The lowest BCUT2D eigenvalue weighted by Crippen LogP contribution is -2.56. The minimum atomic E-state index is -1.15. The maximum absolute atomic E-state index is 9.45. The van der Waals surface area contributed by atoms with Crippen molar-refractivity contribution in [2.75, 3.05) is 0 Å². The largest absolute Gasteiger partial charge is 0.391 e. The van der Waals surface area contributed by atoms with Crippen LogP contribution < -0.4 is 0 Å². The second kappa shape index (κ2) is 3.89. The van der Waals surface area contributed by atoms with Gasteiger partial charge >= 0.3 is 0 Å². The van der Waals surface area contributed by atoms with Gasteiger partial charge in [0.1, 0.15) is 12.2 Å². The summed E-state index contributed by atoms with van der Waals surface area (Å²) in [4.78, 5) is 0. The monoisotopic (exact) mass is 192 g/mol. The molecule has 0 aromatic carbocycles. The number of rotatable bonds is 1. The van der Waals surface area contributed by atoms with Gasteiger partial charge in [0, 0.05) is 5.92 Å². The molecule has 1 saturated heterocycles. The van der Waals surface area contributed by atoms with Crippen molar-refractivity contribution in [3.05, 3.63) is 0 Å². The summed E-state index contributed by atoms with van der Waals surface area (Å²) in [5.41, 5.74) is 0. The molecule has 0 saturated carbocycles. The molecule has 0 aromatic rings. The molecular weight excluding hydrogens is 176 g/mol. The van der Waals surface area contributed by atoms with E-state index in [1.165, 1.54) is 6.92 Å². The first-order valence-corrected chi connectivity index (χ1v) is 4.33. The van der Waals surface area contributed by atoms with Crippen LogP contribution >= 0.6 is 0 Å². The molecule has 0 spiro atoms. The zero-order valence-electron chi connectivity index (χ0n) is 7.66. The Morgan fingerprint density at radius 3 is 2.15 bits per heavy atom. The van der Waals surface area contributed by atoms with Crippen molar-refractivity contribution in [2.45, 2.75) is 44.6 Å². The molecule has 1 heterocycles. The molecule has 0 bridgehead atoms. The van der Waals surface area contributed by atoms with Crippen molar-refractivity contribution in [2.24, 2.45) is 5.92 Å². The lowest BCUT2D eigenvalue weighted by molar-refractivity contribution is -0.276. The van der Waals surface area contributed by atoms with E-state index >= 15 is 0 Å². The number of aliphatic hydroxyl groups is 4. The second-order valence-corrected chi connectivity index (χ2v) is 3.57. The molecule has 1 fully saturated rings. The van der Waals surface area contributed by atoms with Crippen LogP contribution in [-0.2, 0) is 4.74 Å². The molecule has 1 aliphatic rings. The quantitative estimate of drug-likeness (QED) is 0.403. The molecule has 13 heavy (non-hydrogen) atoms. The zero-order chi connectivity index (χ0) is 10.2. The molecule has 0 radical (unpaired) electrons. The normalized spacial score (nSPS) is 48.9. The van der Waals surface area contributed by atoms with E-state index in [9.17, 15) is 15.3 Å². The first-order chi connectivity index (χ1) is 5.95. The Labute approximate surface area is 76.6 Å². The third kappa shape index (κ3) is 2.00. The minimum Gasteiger partial charge on any atom is -0.391 e. The lowest BCUT2D eigenvalue weighted by atomic mass is 9.90. The molecule has 4 N–H and O–H groups in total. The predicted octanol–water partition coefficient (Wildman–Crippen LogP) is -1.56. The van der Waals surface area contributed by atoms with E-state index in [0.717, 1.165) is 0 Å². The summed E-state index contributed by atoms with van der Waals surface area (Å²) in [7, 11) is 0. The highest BCUT2D eigenvalue weighted by Crippen LogP contribution is 2.25. The molecule has 4 unspecified atom stereocenters. The van der Waals surface area contributed by atoms with Crippen molar-refractivity contribution in [3.8, 4) is 0 Å². The number of aliphatic hydroxyl groups excluding tert-OH is 4. The number of hydrogen-bond donors (Lipinski definition) is 4. The van der Waals surface area contributed by atoms with Crippen LogP contribution in [0.3, 0.4) is 0 Å². The highest BCUT2D eigenvalue weighted by Gasteiger charge is 2.43. The van der Waals surface area contributed by atoms with Crippen molar-refractivity contribution in [3.63, 3.8) is 0 Å². The summed E-state index contributed by atoms with van der Waals surface area (Å²) in [5.74, 6) is -0.551. The fourth-order valence-electron chi connectivity index (χ4n) is 1.44. The number of ether oxygens (including phenoxy) is 1. The summed E-state index contributed by atoms with van der Waals surface area (Å²) in [6.07, 6.45) is -5.22. The van der Waals surface area contributed by atoms with Crippen LogP contribution in [0.2, 0.25) is 0 Å². The van der Waals surface area contributed by atoms with E-state index < -0.39 is 36.6 Å². The van der Waals surface area contributed by atoms with Gasteiger partial charge < -0.3 is 25.2 Å². The summed E-state index contributed by atoms with van der Waals surface area (Å²) in [6.45, 7) is 3.00. The van der Waals surface area contributed by atoms with E-state index in [1.807, 2.05) is 0 Å². The van der Waals surface area contributed by atoms with Gasteiger partial charge in [-0.1, -0.05) is 6.92 Å². The Hall–Kier alpha value is -0.200. The zero-order valence-corrected chi connectivity index (χ0v) is 7.66. The second-order valence-electron chi connectivity index (χ2n) is 3.57. The smallest absolute Gasteiger partial charge is 0.160 e. The minimum absolute atomic E-state index is 0.551. The highest BCUT2D eigenvalue weighted by molar-refractivity contribution is 4.88. The Morgan fingerprint density at radius 1 is 1.15 bits per heavy atom. The van der Waals surface area contributed by atoms with Crippen LogP contribution in [0.25, 0.3) is 0 Å². The van der Waals surface area contributed by atoms with Crippen LogP contribution in [0.1, 0.15) is 13.8 Å². The van der Waals surface area contributed by atoms with Gasteiger partial charge in [0.15, 0.2) is 6.29 Å². The van der Waals surface area contributed by atoms with Gasteiger partial charge in [0.05, 0.1) is 12.2 Å². The van der Waals surface area contributed by atoms with Gasteiger partial charge in [-0.3, -0.25) is 0 Å². The van der Waals surface area contributed by atoms with Gasteiger partial charge in [0.2, 0.25) is 0 Å². The van der Waals surface area contributed by atoms with Gasteiger partial charge in [-0.05, 0) is 6.92 Å². The summed E-state index contributed by atoms with van der Waals surface area (Å²) in [5, 5.41) is 37.3. The van der Waals surface area contributed by atoms with Gasteiger partial charge in [-0.25, -0.2) is 0 Å². The molecule has 5 heteroatoms. The molecule has 0 aromatic heterocycles. The molecule has 1 aliphatic heterocycles. The molecular formula is C8H16O5. The van der Waals surface area contributed by atoms with Crippen LogP contribution in [0.4, 0.5) is 0 Å². The highest BCUT2D eigenvalue weighted by atomic mass is 16.6. The average Bonchev–Trinajstić information content (AvgIpc) is 2.07. The Morgan fingerprint density at radius 2 is 1.69 bits per heavy atom. The topological polar surface area (TPSA) is 90.2 Å². The summed E-state index contributed by atoms with van der Waals surface area (Å²) < 4.78 is 4.94. The average molecular weight is 192 g/mol. The van der Waals surface area contributed by atoms with Crippen molar-refractivity contribution in [1.82, 2.24) is 0 Å². The van der Waals surface area contributed by atoms with E-state index in [1.54, 1.807) is 6.92 Å². The molecule has 5 nitrogen and oxygen atoms in total. The predicted molar refractivity (Wildman–Crippen MR) is 43.7 cm³/mol. The Balaban J connectivity index is 2.70. The molecule has 0 aliphatic carbocycles. The van der Waals surface area contributed by atoms with Gasteiger partial charge in [0.25, 0.3) is 0 Å². The Bertz CT molecular complexity index is 172. The molecule has 0 amide bonds. The van der Waals surface area contributed by atoms with E-state index in [0.29, 0.717) is 0 Å². The van der Waals surface area contributed by atoms with Crippen LogP contribution in [0.15, 0.2) is 0 Å². The first kappa shape index (κ1) is 10.9. The summed E-state index contributed by atoms with van der Waals surface area (Å²) in [6, 6.07) is 0. The van der Waals surface area contributed by atoms with Gasteiger partial charge in [-0.2, -0.15) is 0 Å². The third-order valence-electron chi connectivity index (χ3n) is 2.45. The van der Waals surface area contributed by atoms with E-state index in [4.69, 9.17) is 9.84 Å². The van der Waals surface area contributed by atoms with Crippen LogP contribution in [0, 0.1) is 5.92 Å². The molecule has 6 atom stereocenters. The van der Waals surface area contributed by atoms with E-state index in [-0.39, 0.29) is 0 Å². The standard InChI is InChI=1S/C8H16O5/c1-3-5(10)6(11)7(4(2)9)13-8(3)12/h3-12H,1-2H3/t3?,4?,5?,6-,7?,8-/m0/s1. The molecule has 1 rings (SSSR count). The van der Waals surface area contributed by atoms with Crippen LogP contribution in [-0.4, -0.2) is 51.1 Å². The van der Waals surface area contributed by atoms with Crippen molar-refractivity contribution >= 4 is 0 Å². The third-order valence-corrected chi connectivity index (χ3v) is 2.45. The maximum atomic E-state index is 9.45. The van der Waals surface area contributed by atoms with Crippen molar-refractivity contribution < 1.29 is 25.2 Å². The van der Waals surface area contributed by atoms with Gasteiger partial charge in [-0.15, -0.1) is 0 Å². The maximum Gasteiger partial charge on any atom is 0.160 e. The van der Waals surface area contributed by atoms with Crippen molar-refractivity contribution in [1.29, 1.82) is 0 Å². The van der Waals surface area contributed by atoms with E-state index in [2.05, 4.69) is 0 Å². The van der Waals surface area contributed by atoms with Crippen LogP contribution in [0.5, 0.6) is 0 Å². The summed E-state index contributed by atoms with van der Waals surface area (Å²) >= 11 is 0. The fourth-order valence-corrected chi connectivity index (χ4v) is 1.44. The SMILES string of the molecule is CC(O)C1O[C@H](O)C(C)C(O)[C@@H]1O. The lowest BCUT2D eigenvalue weighted by Gasteiger charge is -2.40. The molecule has 78 valence electrons. The number of hydrogen-bond acceptors (Lipinski definition) is 5. The first-order valence-electron chi connectivity index (χ1n) is 4.33. The fraction of sp³-hybridized carbons (Fsp3) is 1.00. The Kier molecular flexibility index (Phi) is 3.26.